The number of hydrogen-bond donors (Lipinski definition) is 0. The van der Waals surface area contributed by atoms with Gasteiger partial charge < -0.3 is 9.64 Å². The van der Waals surface area contributed by atoms with E-state index >= 15 is 0 Å². The lowest BCUT2D eigenvalue weighted by atomic mass is 10.2. The van der Waals surface area contributed by atoms with Crippen LogP contribution in [0, 0.1) is 17.1 Å². The van der Waals surface area contributed by atoms with Crippen LogP contribution in [0.1, 0.15) is 12.0 Å². The molecule has 1 heterocycles. The number of carbonyl (C=O) groups excluding carboxylic acids is 1. The van der Waals surface area contributed by atoms with Crippen molar-refractivity contribution in [3.8, 4) is 11.8 Å². The highest BCUT2D eigenvalue weighted by Gasteiger charge is 2.41. The SMILES string of the molecule is N#Cc1cc(F)cc(OC(=O)N2CCC(F)(F)C2)c1. The summed E-state index contributed by atoms with van der Waals surface area (Å²) >= 11 is 0. The average Bonchev–Trinajstić information content (AvgIpc) is 2.69. The van der Waals surface area contributed by atoms with Gasteiger partial charge in [-0.3, -0.25) is 0 Å². The van der Waals surface area contributed by atoms with Gasteiger partial charge in [0.25, 0.3) is 5.92 Å². The van der Waals surface area contributed by atoms with Gasteiger partial charge >= 0.3 is 6.09 Å². The molecule has 0 spiro atoms. The van der Waals surface area contributed by atoms with E-state index in [0.29, 0.717) is 0 Å². The van der Waals surface area contributed by atoms with Crippen LogP contribution in [0.4, 0.5) is 18.0 Å². The Hall–Kier alpha value is -2.23. The van der Waals surface area contributed by atoms with Crippen LogP contribution in [0.2, 0.25) is 0 Å². The summed E-state index contributed by atoms with van der Waals surface area (Å²) in [7, 11) is 0. The Morgan fingerprint density at radius 3 is 2.74 bits per heavy atom. The highest BCUT2D eigenvalue weighted by atomic mass is 19.3. The lowest BCUT2D eigenvalue weighted by molar-refractivity contribution is 0.0134. The van der Waals surface area contributed by atoms with Crippen molar-refractivity contribution in [1.29, 1.82) is 5.26 Å². The highest BCUT2D eigenvalue weighted by Crippen LogP contribution is 2.27. The van der Waals surface area contributed by atoms with Gasteiger partial charge in [-0.15, -0.1) is 0 Å². The minimum atomic E-state index is -2.92. The number of likely N-dealkylation sites (tertiary alicyclic amines) is 1. The molecule has 0 N–H and O–H groups in total. The van der Waals surface area contributed by atoms with Gasteiger partial charge in [-0.1, -0.05) is 0 Å². The molecular formula is C12H9F3N2O2. The van der Waals surface area contributed by atoms with Crippen molar-refractivity contribution in [2.24, 2.45) is 0 Å². The first-order valence-corrected chi connectivity index (χ1v) is 5.45. The van der Waals surface area contributed by atoms with Crippen LogP contribution < -0.4 is 4.74 Å². The third-order valence-electron chi connectivity index (χ3n) is 2.63. The molecular weight excluding hydrogens is 261 g/mol. The summed E-state index contributed by atoms with van der Waals surface area (Å²) in [6.45, 7) is -0.835. The quantitative estimate of drug-likeness (QED) is 0.788. The van der Waals surface area contributed by atoms with Crippen molar-refractivity contribution in [1.82, 2.24) is 4.90 Å². The molecule has 1 aromatic rings. The van der Waals surface area contributed by atoms with Crippen LogP contribution in [0.15, 0.2) is 18.2 Å². The Kier molecular flexibility index (Phi) is 3.34. The van der Waals surface area contributed by atoms with E-state index in [-0.39, 0.29) is 17.9 Å². The molecule has 4 nitrogen and oxygen atoms in total. The van der Waals surface area contributed by atoms with Crippen molar-refractivity contribution in [3.05, 3.63) is 29.6 Å². The van der Waals surface area contributed by atoms with Crippen LogP contribution in [0.25, 0.3) is 0 Å². The molecule has 1 amide bonds. The molecule has 1 aromatic carbocycles. The van der Waals surface area contributed by atoms with Crippen molar-refractivity contribution in [3.63, 3.8) is 0 Å². The zero-order chi connectivity index (χ0) is 14.0. The smallest absolute Gasteiger partial charge is 0.410 e. The second kappa shape index (κ2) is 4.80. The van der Waals surface area contributed by atoms with E-state index < -0.39 is 30.8 Å². The lowest BCUT2D eigenvalue weighted by Crippen LogP contribution is -2.33. The molecule has 1 aliphatic heterocycles. The van der Waals surface area contributed by atoms with Crippen LogP contribution >= 0.6 is 0 Å². The molecule has 0 aliphatic carbocycles. The molecule has 0 atom stereocenters. The topological polar surface area (TPSA) is 53.3 Å². The predicted octanol–water partition coefficient (Wildman–Crippen LogP) is 2.54. The van der Waals surface area contributed by atoms with Crippen LogP contribution in [-0.2, 0) is 0 Å². The maximum atomic E-state index is 13.1. The van der Waals surface area contributed by atoms with E-state index in [4.69, 9.17) is 10.00 Å². The summed E-state index contributed by atoms with van der Waals surface area (Å²) in [5, 5.41) is 8.63. The number of ether oxygens (including phenoxy) is 1. The lowest BCUT2D eigenvalue weighted by Gasteiger charge is -2.15. The maximum Gasteiger partial charge on any atom is 0.415 e. The van der Waals surface area contributed by atoms with Gasteiger partial charge in [-0.05, 0) is 12.1 Å². The molecule has 7 heteroatoms. The summed E-state index contributed by atoms with van der Waals surface area (Å²) in [6, 6.07) is 4.74. The zero-order valence-electron chi connectivity index (χ0n) is 9.70. The van der Waals surface area contributed by atoms with Crippen LogP contribution in [0.5, 0.6) is 5.75 Å². The molecule has 2 rings (SSSR count). The molecule has 1 fully saturated rings. The number of nitrogens with zero attached hydrogens (tertiary/aromatic N) is 2. The van der Waals surface area contributed by atoms with E-state index in [1.54, 1.807) is 6.07 Å². The third kappa shape index (κ3) is 3.16. The molecule has 1 saturated heterocycles. The first-order valence-electron chi connectivity index (χ1n) is 5.45. The zero-order valence-corrected chi connectivity index (χ0v) is 9.70. The summed E-state index contributed by atoms with van der Waals surface area (Å²) in [5.41, 5.74) is -0.0189. The molecule has 100 valence electrons. The first-order chi connectivity index (χ1) is 8.89. The Labute approximate surface area is 107 Å². The molecule has 0 bridgehead atoms. The molecule has 0 aromatic heterocycles. The number of halogens is 3. The van der Waals surface area contributed by atoms with Crippen molar-refractivity contribution in [2.45, 2.75) is 12.3 Å². The molecule has 0 unspecified atom stereocenters. The summed E-state index contributed by atoms with van der Waals surface area (Å²) in [6.07, 6.45) is -1.40. The number of carbonyl (C=O) groups is 1. The number of benzene rings is 1. The second-order valence-corrected chi connectivity index (χ2v) is 4.18. The fourth-order valence-corrected chi connectivity index (χ4v) is 1.74. The van der Waals surface area contributed by atoms with Crippen molar-refractivity contribution < 1.29 is 22.7 Å². The van der Waals surface area contributed by atoms with Crippen molar-refractivity contribution >= 4 is 6.09 Å². The largest absolute Gasteiger partial charge is 0.415 e. The van der Waals surface area contributed by atoms with Gasteiger partial charge in [0, 0.05) is 19.0 Å². The van der Waals surface area contributed by atoms with Gasteiger partial charge in [0.2, 0.25) is 0 Å². The molecule has 19 heavy (non-hydrogen) atoms. The molecule has 1 aliphatic rings. The van der Waals surface area contributed by atoms with E-state index in [1.165, 1.54) is 0 Å². The maximum absolute atomic E-state index is 13.1. The highest BCUT2D eigenvalue weighted by molar-refractivity contribution is 5.71. The van der Waals surface area contributed by atoms with E-state index in [1.807, 2.05) is 0 Å². The first kappa shape index (κ1) is 13.2. The minimum absolute atomic E-state index is 0.0189. The van der Waals surface area contributed by atoms with E-state index in [0.717, 1.165) is 23.1 Å². The van der Waals surface area contributed by atoms with E-state index in [9.17, 15) is 18.0 Å². The van der Waals surface area contributed by atoms with Gasteiger partial charge in [0.15, 0.2) is 0 Å². The normalized spacial score (nSPS) is 17.1. The molecule has 0 radical (unpaired) electrons. The van der Waals surface area contributed by atoms with Crippen LogP contribution in [-0.4, -0.2) is 30.0 Å². The number of nitriles is 1. The third-order valence-corrected chi connectivity index (χ3v) is 2.63. The standard InChI is InChI=1S/C12H9F3N2O2/c13-9-3-8(6-16)4-10(5-9)19-11(18)17-2-1-12(14,15)7-17/h3-5H,1-2,7H2. The summed E-state index contributed by atoms with van der Waals surface area (Å²) in [5.74, 6) is -3.84. The number of hydrogen-bond acceptors (Lipinski definition) is 3. The number of alkyl halides is 2. The van der Waals surface area contributed by atoms with E-state index in [2.05, 4.69) is 0 Å². The Morgan fingerprint density at radius 1 is 1.42 bits per heavy atom. The molecule has 0 saturated carbocycles. The average molecular weight is 270 g/mol. The second-order valence-electron chi connectivity index (χ2n) is 4.18. The Morgan fingerprint density at radius 2 is 2.16 bits per heavy atom. The Balaban J connectivity index is 2.08. The monoisotopic (exact) mass is 270 g/mol. The number of rotatable bonds is 1. The summed E-state index contributed by atoms with van der Waals surface area (Å²) < 4.78 is 43.7. The minimum Gasteiger partial charge on any atom is -0.410 e. The number of amides is 1. The summed E-state index contributed by atoms with van der Waals surface area (Å²) in [4.78, 5) is 12.4. The Bertz CT molecular complexity index is 554. The van der Waals surface area contributed by atoms with Crippen molar-refractivity contribution in [2.75, 3.05) is 13.1 Å². The predicted molar refractivity (Wildman–Crippen MR) is 58.3 cm³/mol. The fourth-order valence-electron chi connectivity index (χ4n) is 1.74. The van der Waals surface area contributed by atoms with Gasteiger partial charge in [0.05, 0.1) is 18.2 Å². The van der Waals surface area contributed by atoms with Gasteiger partial charge in [-0.25, -0.2) is 18.0 Å². The van der Waals surface area contributed by atoms with Crippen LogP contribution in [0.3, 0.4) is 0 Å². The fraction of sp³-hybridized carbons (Fsp3) is 0.333. The van der Waals surface area contributed by atoms with Gasteiger partial charge in [0.1, 0.15) is 11.6 Å². The van der Waals surface area contributed by atoms with Gasteiger partial charge in [-0.2, -0.15) is 5.26 Å².